The van der Waals surface area contributed by atoms with E-state index >= 15 is 0 Å². The zero-order valence-corrected chi connectivity index (χ0v) is 13.2. The number of hydrogen-bond acceptors (Lipinski definition) is 4. The topological polar surface area (TPSA) is 93.1 Å². The second kappa shape index (κ2) is 6.71. The van der Waals surface area contributed by atoms with Crippen LogP contribution in [0.1, 0.15) is 16.2 Å². The minimum absolute atomic E-state index is 0.0624. The van der Waals surface area contributed by atoms with E-state index in [-0.39, 0.29) is 16.5 Å². The molecular weight excluding hydrogens is 304 g/mol. The molecule has 118 valence electrons. The fourth-order valence-electron chi connectivity index (χ4n) is 1.97. The van der Waals surface area contributed by atoms with E-state index in [1.807, 2.05) is 18.2 Å². The van der Waals surface area contributed by atoms with Gasteiger partial charge < -0.3 is 9.88 Å². The van der Waals surface area contributed by atoms with Gasteiger partial charge in [-0.25, -0.2) is 13.1 Å². The molecule has 2 N–H and O–H groups in total. The number of aryl methyl sites for hydroxylation is 1. The average molecular weight is 322 g/mol. The Hall–Kier alpha value is -2.19. The van der Waals surface area contributed by atoms with Crippen molar-refractivity contribution >= 4 is 15.9 Å². The molecule has 7 nitrogen and oxygen atoms in total. The molecule has 0 fully saturated rings. The van der Waals surface area contributed by atoms with Gasteiger partial charge in [0.1, 0.15) is 10.6 Å². The molecule has 0 aliphatic heterocycles. The van der Waals surface area contributed by atoms with Crippen molar-refractivity contribution in [1.29, 1.82) is 0 Å². The molecule has 0 aromatic carbocycles. The van der Waals surface area contributed by atoms with Crippen molar-refractivity contribution in [2.24, 2.45) is 7.05 Å². The molecule has 0 saturated heterocycles. The fourth-order valence-corrected chi connectivity index (χ4v) is 2.76. The van der Waals surface area contributed by atoms with Gasteiger partial charge in [0.25, 0.3) is 5.91 Å². The number of nitrogens with one attached hydrogen (secondary N) is 2. The van der Waals surface area contributed by atoms with Gasteiger partial charge in [-0.3, -0.25) is 9.78 Å². The summed E-state index contributed by atoms with van der Waals surface area (Å²) >= 11 is 0. The van der Waals surface area contributed by atoms with Crippen LogP contribution in [0.2, 0.25) is 0 Å². The van der Waals surface area contributed by atoms with E-state index in [0.29, 0.717) is 13.0 Å². The van der Waals surface area contributed by atoms with E-state index in [9.17, 15) is 13.2 Å². The summed E-state index contributed by atoms with van der Waals surface area (Å²) in [4.78, 5) is 16.3. The summed E-state index contributed by atoms with van der Waals surface area (Å²) in [5.41, 5.74) is 1.17. The highest BCUT2D eigenvalue weighted by molar-refractivity contribution is 7.89. The molecule has 2 aromatic rings. The van der Waals surface area contributed by atoms with Crippen molar-refractivity contribution in [3.05, 3.63) is 48.0 Å². The number of carbonyl (C=O) groups excluding carboxylic acids is 1. The number of pyridine rings is 1. The Bertz CT molecular complexity index is 754. The van der Waals surface area contributed by atoms with Crippen LogP contribution in [0.4, 0.5) is 0 Å². The van der Waals surface area contributed by atoms with E-state index in [1.165, 1.54) is 23.9 Å². The second-order valence-electron chi connectivity index (χ2n) is 4.71. The van der Waals surface area contributed by atoms with Gasteiger partial charge in [0.05, 0.1) is 0 Å². The molecule has 2 rings (SSSR count). The Morgan fingerprint density at radius 3 is 2.77 bits per heavy atom. The van der Waals surface area contributed by atoms with Gasteiger partial charge in [0.15, 0.2) is 0 Å². The normalized spacial score (nSPS) is 11.4. The first-order valence-electron chi connectivity index (χ1n) is 6.72. The smallest absolute Gasteiger partial charge is 0.267 e. The molecule has 0 bridgehead atoms. The minimum atomic E-state index is -3.56. The van der Waals surface area contributed by atoms with Crippen LogP contribution in [0.3, 0.4) is 0 Å². The Balaban J connectivity index is 2.01. The predicted molar refractivity (Wildman–Crippen MR) is 81.9 cm³/mol. The lowest BCUT2D eigenvalue weighted by molar-refractivity contribution is 0.0946. The van der Waals surface area contributed by atoms with E-state index in [1.54, 1.807) is 13.2 Å². The summed E-state index contributed by atoms with van der Waals surface area (Å²) in [6.07, 6.45) is 3.71. The van der Waals surface area contributed by atoms with Crippen molar-refractivity contribution in [2.45, 2.75) is 11.3 Å². The molecule has 0 saturated carbocycles. The molecule has 0 radical (unpaired) electrons. The summed E-state index contributed by atoms with van der Waals surface area (Å²) in [5, 5.41) is 2.76. The average Bonchev–Trinajstić information content (AvgIpc) is 2.91. The standard InChI is InChI=1S/C14H18N4O3S/c1-15-22(20,21)12-9-13(18(2)10-12)14(19)17-8-6-11-5-3-4-7-16-11/h3-5,7,9-10,15H,6,8H2,1-2H3,(H,17,19). The van der Waals surface area contributed by atoms with Crippen molar-refractivity contribution in [1.82, 2.24) is 19.6 Å². The minimum Gasteiger partial charge on any atom is -0.350 e. The van der Waals surface area contributed by atoms with Crippen molar-refractivity contribution in [3.63, 3.8) is 0 Å². The number of sulfonamides is 1. The first-order valence-corrected chi connectivity index (χ1v) is 8.20. The monoisotopic (exact) mass is 322 g/mol. The summed E-state index contributed by atoms with van der Waals surface area (Å²) in [6.45, 7) is 0.426. The maximum atomic E-state index is 12.1. The van der Waals surface area contributed by atoms with E-state index < -0.39 is 10.0 Å². The molecule has 1 amide bonds. The Morgan fingerprint density at radius 2 is 2.14 bits per heavy atom. The van der Waals surface area contributed by atoms with Gasteiger partial charge in [-0.1, -0.05) is 6.07 Å². The zero-order chi connectivity index (χ0) is 16.2. The van der Waals surface area contributed by atoms with Gasteiger partial charge in [-0.15, -0.1) is 0 Å². The molecule has 22 heavy (non-hydrogen) atoms. The molecule has 0 aliphatic rings. The molecular formula is C14H18N4O3S. The SMILES string of the molecule is CNS(=O)(=O)c1cc(C(=O)NCCc2ccccn2)n(C)c1. The van der Waals surface area contributed by atoms with Crippen molar-refractivity contribution < 1.29 is 13.2 Å². The summed E-state index contributed by atoms with van der Waals surface area (Å²) in [7, 11) is -0.602. The quantitative estimate of drug-likeness (QED) is 0.800. The van der Waals surface area contributed by atoms with Gasteiger partial charge >= 0.3 is 0 Å². The Labute approximate surface area is 129 Å². The van der Waals surface area contributed by atoms with E-state index in [2.05, 4.69) is 15.0 Å². The third-order valence-corrected chi connectivity index (χ3v) is 4.57. The number of nitrogens with zero attached hydrogens (tertiary/aromatic N) is 2. The molecule has 8 heteroatoms. The maximum absolute atomic E-state index is 12.1. The maximum Gasteiger partial charge on any atom is 0.267 e. The number of hydrogen-bond donors (Lipinski definition) is 2. The van der Waals surface area contributed by atoms with Crippen LogP contribution in [-0.2, 0) is 23.5 Å². The second-order valence-corrected chi connectivity index (χ2v) is 6.59. The van der Waals surface area contributed by atoms with Gasteiger partial charge in [-0.05, 0) is 25.2 Å². The third kappa shape index (κ3) is 3.71. The Morgan fingerprint density at radius 1 is 1.36 bits per heavy atom. The predicted octanol–water partition coefficient (Wildman–Crippen LogP) is 0.301. The zero-order valence-electron chi connectivity index (χ0n) is 12.4. The first kappa shape index (κ1) is 16.2. The first-order chi connectivity index (χ1) is 10.4. The lowest BCUT2D eigenvalue weighted by Gasteiger charge is -2.05. The van der Waals surface area contributed by atoms with Crippen LogP contribution in [-0.4, -0.2) is 37.5 Å². The third-order valence-electron chi connectivity index (χ3n) is 3.18. The summed E-state index contributed by atoms with van der Waals surface area (Å²) < 4.78 is 27.2. The van der Waals surface area contributed by atoms with Gasteiger partial charge in [0, 0.05) is 38.1 Å². The highest BCUT2D eigenvalue weighted by atomic mass is 32.2. The van der Waals surface area contributed by atoms with E-state index in [0.717, 1.165) is 5.69 Å². The highest BCUT2D eigenvalue weighted by Crippen LogP contribution is 2.12. The number of carbonyl (C=O) groups is 1. The molecule has 2 aromatic heterocycles. The fraction of sp³-hybridized carbons (Fsp3) is 0.286. The van der Waals surface area contributed by atoms with Crippen molar-refractivity contribution in [3.8, 4) is 0 Å². The summed E-state index contributed by atoms with van der Waals surface area (Å²) in [6, 6.07) is 6.94. The van der Waals surface area contributed by atoms with Crippen LogP contribution in [0, 0.1) is 0 Å². The largest absolute Gasteiger partial charge is 0.350 e. The molecule has 2 heterocycles. The van der Waals surface area contributed by atoms with Crippen molar-refractivity contribution in [2.75, 3.05) is 13.6 Å². The highest BCUT2D eigenvalue weighted by Gasteiger charge is 2.18. The molecule has 0 aliphatic carbocycles. The molecule has 0 atom stereocenters. The van der Waals surface area contributed by atoms with Crippen LogP contribution in [0.15, 0.2) is 41.6 Å². The van der Waals surface area contributed by atoms with Crippen LogP contribution < -0.4 is 10.0 Å². The number of rotatable bonds is 6. The van der Waals surface area contributed by atoms with Crippen LogP contribution in [0.5, 0.6) is 0 Å². The molecule has 0 unspecified atom stereocenters. The van der Waals surface area contributed by atoms with Gasteiger partial charge in [-0.2, -0.15) is 0 Å². The van der Waals surface area contributed by atoms with Crippen LogP contribution in [0.25, 0.3) is 0 Å². The summed E-state index contributed by atoms with van der Waals surface area (Å²) in [5.74, 6) is -0.323. The lowest BCUT2D eigenvalue weighted by atomic mass is 10.2. The number of amides is 1. The Kier molecular flexibility index (Phi) is 4.94. The lowest BCUT2D eigenvalue weighted by Crippen LogP contribution is -2.27. The van der Waals surface area contributed by atoms with E-state index in [4.69, 9.17) is 0 Å². The molecule has 0 spiro atoms. The van der Waals surface area contributed by atoms with Crippen LogP contribution >= 0.6 is 0 Å². The number of aromatic nitrogens is 2. The van der Waals surface area contributed by atoms with Gasteiger partial charge in [0.2, 0.25) is 10.0 Å².